The van der Waals surface area contributed by atoms with Crippen molar-refractivity contribution in [1.29, 1.82) is 0 Å². The number of rotatable bonds is 7. The van der Waals surface area contributed by atoms with Crippen LogP contribution in [-0.4, -0.2) is 76.0 Å². The highest BCUT2D eigenvalue weighted by atomic mass is 32.2. The van der Waals surface area contributed by atoms with Crippen LogP contribution >= 0.6 is 23.5 Å². The van der Waals surface area contributed by atoms with Gasteiger partial charge in [-0.25, -0.2) is 9.48 Å². The molecular weight excluding hydrogens is 458 g/mol. The molecule has 0 radical (unpaired) electrons. The van der Waals surface area contributed by atoms with Gasteiger partial charge in [0.1, 0.15) is 28.9 Å². The fraction of sp³-hybridized carbons (Fsp3) is 0.333. The molecule has 1 fully saturated rings. The number of carboxylic acids is 1. The second-order valence-corrected chi connectivity index (χ2v) is 9.14. The Morgan fingerprint density at radius 2 is 2.09 bits per heavy atom. The number of aliphatic carboxylic acids is 1. The van der Waals surface area contributed by atoms with Gasteiger partial charge in [0.05, 0.1) is 0 Å². The third-order valence-corrected chi connectivity index (χ3v) is 7.48. The number of nitrogens with one attached hydrogen (secondary N) is 1. The highest BCUT2D eigenvalue weighted by Crippen LogP contribution is 2.41. The van der Waals surface area contributed by atoms with E-state index in [0.29, 0.717) is 27.8 Å². The van der Waals surface area contributed by atoms with Crippen LogP contribution in [0.5, 0.6) is 5.75 Å². The van der Waals surface area contributed by atoms with Crippen LogP contribution in [0.4, 0.5) is 0 Å². The first-order chi connectivity index (χ1) is 15.3. The van der Waals surface area contributed by atoms with Gasteiger partial charge in [0.25, 0.3) is 5.91 Å². The summed E-state index contributed by atoms with van der Waals surface area (Å²) in [4.78, 5) is 38.5. The van der Waals surface area contributed by atoms with Crippen LogP contribution in [0.3, 0.4) is 0 Å². The van der Waals surface area contributed by atoms with E-state index < -0.39 is 35.2 Å². The van der Waals surface area contributed by atoms with Gasteiger partial charge in [-0.1, -0.05) is 23.9 Å². The van der Waals surface area contributed by atoms with Gasteiger partial charge in [0.2, 0.25) is 11.1 Å². The number of nitrogens with zero attached hydrogens (tertiary/aromatic N) is 5. The molecule has 1 aromatic heterocycles. The van der Waals surface area contributed by atoms with Gasteiger partial charge in [-0.15, -0.1) is 16.9 Å². The molecule has 2 aliphatic heterocycles. The van der Waals surface area contributed by atoms with E-state index in [-0.39, 0.29) is 11.4 Å². The lowest BCUT2D eigenvalue weighted by molar-refractivity contribution is -0.150. The van der Waals surface area contributed by atoms with Crippen LogP contribution in [0.15, 0.2) is 40.7 Å². The van der Waals surface area contributed by atoms with Crippen molar-refractivity contribution < 1.29 is 24.6 Å². The molecule has 32 heavy (non-hydrogen) atoms. The van der Waals surface area contributed by atoms with Crippen molar-refractivity contribution in [2.45, 2.75) is 22.6 Å². The predicted octanol–water partition coefficient (Wildman–Crippen LogP) is -0.554. The summed E-state index contributed by atoms with van der Waals surface area (Å²) in [6, 6.07) is 3.96. The minimum atomic E-state index is -1.21. The van der Waals surface area contributed by atoms with Crippen LogP contribution < -0.4 is 11.1 Å². The van der Waals surface area contributed by atoms with E-state index in [2.05, 4.69) is 20.8 Å². The number of aryl methyl sites for hydroxylation is 1. The Morgan fingerprint density at radius 3 is 2.72 bits per heavy atom. The Hall–Kier alpha value is -3.10. The van der Waals surface area contributed by atoms with Gasteiger partial charge in [-0.3, -0.25) is 14.5 Å². The van der Waals surface area contributed by atoms with Gasteiger partial charge < -0.3 is 21.3 Å². The molecule has 0 bridgehead atoms. The minimum absolute atomic E-state index is 0.0437. The molecule has 0 aliphatic carbocycles. The summed E-state index contributed by atoms with van der Waals surface area (Å²) in [5, 5.41) is 32.9. The Morgan fingerprint density at radius 1 is 1.38 bits per heavy atom. The molecule has 0 spiro atoms. The number of fused-ring (bicyclic) bond motifs is 1. The molecule has 3 atom stereocenters. The van der Waals surface area contributed by atoms with Crippen molar-refractivity contribution in [3.63, 3.8) is 0 Å². The summed E-state index contributed by atoms with van der Waals surface area (Å²) < 4.78 is 1.47. The standard InChI is InChI=1S/C18H19N7O5S2/c1-24-18(21-22-23-24)32-7-9-6-31-16-12(15(28)25(16)13(9)17(29)30)20-14(27)11(19)8-2-4-10(26)5-3-8/h2-5,11-12,16,26H,6-7,19H2,1H3,(H,20,27)(H,29,30)/t11?,12?,16-/m0/s1. The normalized spacial score (nSPS) is 21.1. The summed E-state index contributed by atoms with van der Waals surface area (Å²) in [6.45, 7) is 0. The quantitative estimate of drug-likeness (QED) is 0.297. The van der Waals surface area contributed by atoms with E-state index in [0.717, 1.165) is 0 Å². The Balaban J connectivity index is 1.45. The molecule has 1 saturated heterocycles. The Kier molecular flexibility index (Phi) is 6.08. The van der Waals surface area contributed by atoms with E-state index in [1.54, 1.807) is 7.05 Å². The van der Waals surface area contributed by atoms with Gasteiger partial charge in [-0.05, 0) is 33.7 Å². The molecule has 4 rings (SSSR count). The van der Waals surface area contributed by atoms with Gasteiger partial charge >= 0.3 is 5.97 Å². The summed E-state index contributed by atoms with van der Waals surface area (Å²) in [5.74, 6) is -1.55. The largest absolute Gasteiger partial charge is 0.508 e. The van der Waals surface area contributed by atoms with Crippen LogP contribution in [0.25, 0.3) is 0 Å². The first kappa shape index (κ1) is 22.1. The lowest BCUT2D eigenvalue weighted by Crippen LogP contribution is -2.71. The number of thioether (sulfide) groups is 2. The number of aromatic hydroxyl groups is 1. The number of carboxylic acid groups (broad SMARTS) is 1. The molecule has 5 N–H and O–H groups in total. The van der Waals surface area contributed by atoms with Crippen molar-refractivity contribution >= 4 is 41.3 Å². The Bertz CT molecular complexity index is 1100. The second-order valence-electron chi connectivity index (χ2n) is 7.10. The molecule has 12 nitrogen and oxygen atoms in total. The molecular formula is C18H19N7O5S2. The van der Waals surface area contributed by atoms with Crippen LogP contribution in [0, 0.1) is 0 Å². The number of hydrogen-bond acceptors (Lipinski definition) is 10. The molecule has 2 unspecified atom stereocenters. The molecule has 168 valence electrons. The van der Waals surface area contributed by atoms with E-state index in [4.69, 9.17) is 5.73 Å². The summed E-state index contributed by atoms with van der Waals surface area (Å²) in [5.41, 5.74) is 6.95. The SMILES string of the molecule is Cn1nnnc1SCC1=C(C(=O)O)N2C(=O)C(NC(=O)C(N)c3ccc(O)cc3)[C@@H]2SC1. The van der Waals surface area contributed by atoms with Gasteiger partial charge in [-0.2, -0.15) is 0 Å². The predicted molar refractivity (Wildman–Crippen MR) is 114 cm³/mol. The van der Waals surface area contributed by atoms with Crippen LogP contribution in [0.2, 0.25) is 0 Å². The summed E-state index contributed by atoms with van der Waals surface area (Å²) in [7, 11) is 1.68. The molecule has 1 aromatic carbocycles. The lowest BCUT2D eigenvalue weighted by atomic mass is 10.0. The van der Waals surface area contributed by atoms with Crippen molar-refractivity contribution in [3.8, 4) is 5.75 Å². The maximum absolute atomic E-state index is 12.8. The number of aromatic nitrogens is 4. The third-order valence-electron chi connectivity index (χ3n) is 5.04. The Labute approximate surface area is 190 Å². The molecule has 2 amide bonds. The smallest absolute Gasteiger partial charge is 0.352 e. The van der Waals surface area contributed by atoms with E-state index in [1.165, 1.54) is 57.4 Å². The average molecular weight is 478 g/mol. The van der Waals surface area contributed by atoms with Gasteiger partial charge in [0, 0.05) is 18.6 Å². The van der Waals surface area contributed by atoms with Crippen molar-refractivity contribution in [2.75, 3.05) is 11.5 Å². The first-order valence-corrected chi connectivity index (χ1v) is 11.4. The zero-order chi connectivity index (χ0) is 23.0. The van der Waals surface area contributed by atoms with Crippen molar-refractivity contribution in [3.05, 3.63) is 41.1 Å². The highest BCUT2D eigenvalue weighted by molar-refractivity contribution is 8.01. The third kappa shape index (κ3) is 4.03. The van der Waals surface area contributed by atoms with E-state index in [1.807, 2.05) is 0 Å². The number of amides is 2. The number of β-lactam (4-membered cyclic amide) rings is 1. The maximum atomic E-state index is 12.8. The molecule has 2 aromatic rings. The number of carbonyl (C=O) groups is 3. The highest BCUT2D eigenvalue weighted by Gasteiger charge is 2.54. The second kappa shape index (κ2) is 8.80. The summed E-state index contributed by atoms with van der Waals surface area (Å²) >= 11 is 2.64. The number of carbonyl (C=O) groups excluding carboxylic acids is 2. The monoisotopic (exact) mass is 477 g/mol. The number of nitrogens with two attached hydrogens (primary N) is 1. The average Bonchev–Trinajstić information content (AvgIpc) is 3.19. The van der Waals surface area contributed by atoms with E-state index >= 15 is 0 Å². The van der Waals surface area contributed by atoms with Gasteiger partial charge in [0.15, 0.2) is 0 Å². The minimum Gasteiger partial charge on any atom is -0.508 e. The fourth-order valence-electron chi connectivity index (χ4n) is 3.37. The molecule has 3 heterocycles. The molecule has 0 saturated carbocycles. The zero-order valence-electron chi connectivity index (χ0n) is 16.7. The molecule has 14 heteroatoms. The van der Waals surface area contributed by atoms with Crippen LogP contribution in [-0.2, 0) is 21.4 Å². The van der Waals surface area contributed by atoms with E-state index in [9.17, 15) is 24.6 Å². The summed E-state index contributed by atoms with van der Waals surface area (Å²) in [6.07, 6.45) is 0. The maximum Gasteiger partial charge on any atom is 0.352 e. The number of tetrazole rings is 1. The number of phenols is 1. The number of phenolic OH excluding ortho intramolecular Hbond substituents is 1. The van der Waals surface area contributed by atoms with Crippen LogP contribution in [0.1, 0.15) is 11.6 Å². The number of hydrogen-bond donors (Lipinski definition) is 4. The topological polar surface area (TPSA) is 177 Å². The zero-order valence-corrected chi connectivity index (χ0v) is 18.3. The van der Waals surface area contributed by atoms with Crippen molar-refractivity contribution in [1.82, 2.24) is 30.4 Å². The fourth-order valence-corrected chi connectivity index (χ4v) is 5.70. The number of benzene rings is 1. The molecule has 2 aliphatic rings. The van der Waals surface area contributed by atoms with Crippen molar-refractivity contribution in [2.24, 2.45) is 12.8 Å². The lowest BCUT2D eigenvalue weighted by Gasteiger charge is -2.49. The first-order valence-electron chi connectivity index (χ1n) is 9.38.